The van der Waals surface area contributed by atoms with Crippen molar-refractivity contribution in [2.24, 2.45) is 0 Å². The Morgan fingerprint density at radius 3 is 2.92 bits per heavy atom. The van der Waals surface area contributed by atoms with Gasteiger partial charge in [-0.2, -0.15) is 0 Å². The van der Waals surface area contributed by atoms with Crippen LogP contribution in [0.25, 0.3) is 0 Å². The highest BCUT2D eigenvalue weighted by Gasteiger charge is 2.31. The van der Waals surface area contributed by atoms with Gasteiger partial charge in [0.1, 0.15) is 11.4 Å². The molecule has 1 aromatic carbocycles. The molecule has 7 nitrogen and oxygen atoms in total. The van der Waals surface area contributed by atoms with Crippen molar-refractivity contribution in [1.29, 1.82) is 0 Å². The topological polar surface area (TPSA) is 69.5 Å². The standard InChI is InChI=1S/C17H22N4O3/c1-13(24-16-6-4-3-5-7-16)17(22)20-9-8-15(11-20)21-10-14(12-23-2)18-19-21/h3-7,10,13,15H,8-9,11-12H2,1-2H3/t13-,15-/m1/s1. The number of hydrogen-bond donors (Lipinski definition) is 0. The molecule has 1 aromatic heterocycles. The molecule has 0 aliphatic carbocycles. The lowest BCUT2D eigenvalue weighted by atomic mass is 10.3. The lowest BCUT2D eigenvalue weighted by molar-refractivity contribution is -0.136. The number of methoxy groups -OCH3 is 1. The van der Waals surface area contributed by atoms with Gasteiger partial charge in [0, 0.05) is 20.2 Å². The fourth-order valence-corrected chi connectivity index (χ4v) is 2.87. The molecular formula is C17H22N4O3. The molecule has 2 aromatic rings. The maximum absolute atomic E-state index is 12.6. The van der Waals surface area contributed by atoms with Crippen LogP contribution >= 0.6 is 0 Å². The molecule has 0 saturated carbocycles. The molecule has 1 saturated heterocycles. The van der Waals surface area contributed by atoms with Gasteiger partial charge in [-0.1, -0.05) is 23.4 Å². The summed E-state index contributed by atoms with van der Waals surface area (Å²) in [5.41, 5.74) is 0.794. The summed E-state index contributed by atoms with van der Waals surface area (Å²) < 4.78 is 12.6. The summed E-state index contributed by atoms with van der Waals surface area (Å²) in [4.78, 5) is 14.4. The van der Waals surface area contributed by atoms with Gasteiger partial charge in [-0.15, -0.1) is 5.10 Å². The molecule has 0 bridgehead atoms. The van der Waals surface area contributed by atoms with Crippen molar-refractivity contribution in [3.05, 3.63) is 42.2 Å². The van der Waals surface area contributed by atoms with Crippen molar-refractivity contribution in [3.63, 3.8) is 0 Å². The number of carbonyl (C=O) groups is 1. The third-order valence-electron chi connectivity index (χ3n) is 4.10. The van der Waals surface area contributed by atoms with E-state index in [4.69, 9.17) is 9.47 Å². The number of nitrogens with zero attached hydrogens (tertiary/aromatic N) is 4. The molecular weight excluding hydrogens is 308 g/mol. The van der Waals surface area contributed by atoms with Gasteiger partial charge in [-0.05, 0) is 25.5 Å². The summed E-state index contributed by atoms with van der Waals surface area (Å²) in [6, 6.07) is 9.55. The summed E-state index contributed by atoms with van der Waals surface area (Å²) in [6.07, 6.45) is 2.23. The molecule has 0 radical (unpaired) electrons. The third kappa shape index (κ3) is 3.73. The molecule has 2 atom stereocenters. The maximum atomic E-state index is 12.6. The first-order valence-corrected chi connectivity index (χ1v) is 8.07. The van der Waals surface area contributed by atoms with Crippen molar-refractivity contribution < 1.29 is 14.3 Å². The Kier molecular flexibility index (Phi) is 5.10. The van der Waals surface area contributed by atoms with Crippen molar-refractivity contribution in [2.45, 2.75) is 32.1 Å². The Bertz CT molecular complexity index is 673. The second kappa shape index (κ2) is 7.44. The zero-order chi connectivity index (χ0) is 16.9. The smallest absolute Gasteiger partial charge is 0.263 e. The molecule has 2 heterocycles. The van der Waals surface area contributed by atoms with E-state index in [1.54, 1.807) is 14.0 Å². The van der Waals surface area contributed by atoms with E-state index in [1.165, 1.54) is 0 Å². The first-order chi connectivity index (χ1) is 11.7. The highest BCUT2D eigenvalue weighted by Crippen LogP contribution is 2.22. The Balaban J connectivity index is 1.57. The van der Waals surface area contributed by atoms with Gasteiger partial charge in [-0.25, -0.2) is 4.68 Å². The van der Waals surface area contributed by atoms with Gasteiger partial charge in [0.25, 0.3) is 5.91 Å². The van der Waals surface area contributed by atoms with Gasteiger partial charge < -0.3 is 14.4 Å². The van der Waals surface area contributed by atoms with Gasteiger partial charge in [0.15, 0.2) is 6.10 Å². The quantitative estimate of drug-likeness (QED) is 0.806. The Labute approximate surface area is 141 Å². The number of rotatable bonds is 6. The lowest BCUT2D eigenvalue weighted by Gasteiger charge is -2.21. The zero-order valence-electron chi connectivity index (χ0n) is 14.0. The molecule has 24 heavy (non-hydrogen) atoms. The minimum absolute atomic E-state index is 0.00131. The summed E-state index contributed by atoms with van der Waals surface area (Å²) in [5, 5.41) is 8.21. The van der Waals surface area contributed by atoms with E-state index in [0.29, 0.717) is 25.4 Å². The van der Waals surface area contributed by atoms with Crippen molar-refractivity contribution in [1.82, 2.24) is 19.9 Å². The molecule has 1 aliphatic rings. The van der Waals surface area contributed by atoms with E-state index in [1.807, 2.05) is 46.1 Å². The molecule has 1 fully saturated rings. The average molecular weight is 330 g/mol. The fraction of sp³-hybridized carbons (Fsp3) is 0.471. The normalized spacial score (nSPS) is 18.6. The van der Waals surface area contributed by atoms with E-state index in [0.717, 1.165) is 12.1 Å². The molecule has 0 unspecified atom stereocenters. The summed E-state index contributed by atoms with van der Waals surface area (Å²) in [7, 11) is 1.63. The van der Waals surface area contributed by atoms with Crippen LogP contribution in [0.2, 0.25) is 0 Å². The number of carbonyl (C=O) groups excluding carboxylic acids is 1. The van der Waals surface area contributed by atoms with E-state index in [2.05, 4.69) is 10.3 Å². The predicted molar refractivity (Wildman–Crippen MR) is 87.5 cm³/mol. The summed E-state index contributed by atoms with van der Waals surface area (Å²) in [6.45, 7) is 3.55. The zero-order valence-corrected chi connectivity index (χ0v) is 14.0. The number of aromatic nitrogens is 3. The van der Waals surface area contributed by atoms with Crippen molar-refractivity contribution in [3.8, 4) is 5.75 Å². The van der Waals surface area contributed by atoms with Crippen LogP contribution in [0.1, 0.15) is 25.1 Å². The molecule has 1 amide bonds. The van der Waals surface area contributed by atoms with Crippen LogP contribution in [0.15, 0.2) is 36.5 Å². The summed E-state index contributed by atoms with van der Waals surface area (Å²) >= 11 is 0. The Morgan fingerprint density at radius 1 is 1.38 bits per heavy atom. The highest BCUT2D eigenvalue weighted by molar-refractivity contribution is 5.81. The molecule has 1 aliphatic heterocycles. The number of likely N-dealkylation sites (tertiary alicyclic amines) is 1. The number of benzene rings is 1. The number of amides is 1. The van der Waals surface area contributed by atoms with Crippen LogP contribution in [0.5, 0.6) is 5.75 Å². The third-order valence-corrected chi connectivity index (χ3v) is 4.10. The Morgan fingerprint density at radius 2 is 2.17 bits per heavy atom. The van der Waals surface area contributed by atoms with Crippen LogP contribution in [0, 0.1) is 0 Å². The first-order valence-electron chi connectivity index (χ1n) is 8.07. The van der Waals surface area contributed by atoms with Crippen LogP contribution < -0.4 is 4.74 Å². The fourth-order valence-electron chi connectivity index (χ4n) is 2.87. The molecule has 0 spiro atoms. The summed E-state index contributed by atoms with van der Waals surface area (Å²) in [5.74, 6) is 0.702. The minimum atomic E-state index is -0.508. The van der Waals surface area contributed by atoms with E-state index >= 15 is 0 Å². The largest absolute Gasteiger partial charge is 0.481 e. The van der Waals surface area contributed by atoms with Crippen LogP contribution in [0.4, 0.5) is 0 Å². The second-order valence-electron chi connectivity index (χ2n) is 5.92. The van der Waals surface area contributed by atoms with E-state index < -0.39 is 6.10 Å². The highest BCUT2D eigenvalue weighted by atomic mass is 16.5. The molecule has 3 rings (SSSR count). The van der Waals surface area contributed by atoms with E-state index in [9.17, 15) is 4.79 Å². The number of hydrogen-bond acceptors (Lipinski definition) is 5. The maximum Gasteiger partial charge on any atom is 0.263 e. The average Bonchev–Trinajstić information content (AvgIpc) is 3.24. The SMILES string of the molecule is COCc1cn([C@@H]2CCN(C(=O)[C@@H](C)Oc3ccccc3)C2)nn1. The van der Waals surface area contributed by atoms with Gasteiger partial charge >= 0.3 is 0 Å². The Hall–Kier alpha value is -2.41. The van der Waals surface area contributed by atoms with Crippen molar-refractivity contribution >= 4 is 5.91 Å². The molecule has 0 N–H and O–H groups in total. The first kappa shape index (κ1) is 16.4. The lowest BCUT2D eigenvalue weighted by Crippen LogP contribution is -2.39. The number of para-hydroxylation sites is 1. The van der Waals surface area contributed by atoms with Crippen molar-refractivity contribution in [2.75, 3.05) is 20.2 Å². The van der Waals surface area contributed by atoms with Crippen LogP contribution in [-0.2, 0) is 16.1 Å². The van der Waals surface area contributed by atoms with Gasteiger partial charge in [0.05, 0.1) is 18.8 Å². The van der Waals surface area contributed by atoms with E-state index in [-0.39, 0.29) is 11.9 Å². The van der Waals surface area contributed by atoms with Gasteiger partial charge in [0.2, 0.25) is 0 Å². The van der Waals surface area contributed by atoms with Crippen LogP contribution in [0.3, 0.4) is 0 Å². The molecule has 7 heteroatoms. The van der Waals surface area contributed by atoms with Gasteiger partial charge in [-0.3, -0.25) is 4.79 Å². The second-order valence-corrected chi connectivity index (χ2v) is 5.92. The molecule has 128 valence electrons. The monoisotopic (exact) mass is 330 g/mol. The predicted octanol–water partition coefficient (Wildman–Crippen LogP) is 1.67. The minimum Gasteiger partial charge on any atom is -0.481 e. The van der Waals surface area contributed by atoms with Crippen LogP contribution in [-0.4, -0.2) is 52.1 Å². The number of ether oxygens (including phenoxy) is 2.